The van der Waals surface area contributed by atoms with Gasteiger partial charge in [-0.05, 0) is 25.5 Å². The van der Waals surface area contributed by atoms with E-state index in [0.29, 0.717) is 5.56 Å². The molecule has 0 unspecified atom stereocenters. The number of oxazole rings is 1. The molecule has 0 radical (unpaired) electrons. The van der Waals surface area contributed by atoms with E-state index < -0.39 is 9.84 Å². The van der Waals surface area contributed by atoms with Gasteiger partial charge in [-0.15, -0.1) is 0 Å². The Kier molecular flexibility index (Phi) is 3.97. The van der Waals surface area contributed by atoms with E-state index in [9.17, 15) is 8.42 Å². The van der Waals surface area contributed by atoms with Crippen LogP contribution in [0.2, 0.25) is 0 Å². The number of hydrogen-bond donors (Lipinski definition) is 3. The lowest BCUT2D eigenvalue weighted by Crippen LogP contribution is -2.38. The zero-order valence-electron chi connectivity index (χ0n) is 13.7. The van der Waals surface area contributed by atoms with Gasteiger partial charge in [-0.1, -0.05) is 0 Å². The first-order chi connectivity index (χ1) is 12.0. The number of piperidine rings is 1. The average molecular weight is 361 g/mol. The number of fused-ring (bicyclic) bond motifs is 1. The molecule has 1 aliphatic rings. The first-order valence-electron chi connectivity index (χ1n) is 8.12. The van der Waals surface area contributed by atoms with Gasteiger partial charge in [-0.2, -0.15) is 0 Å². The molecule has 0 bridgehead atoms. The normalized spacial score (nSPS) is 18.5. The Labute approximate surface area is 145 Å². The summed E-state index contributed by atoms with van der Waals surface area (Å²) < 4.78 is 28.8. The van der Waals surface area contributed by atoms with E-state index in [1.807, 2.05) is 12.3 Å². The summed E-state index contributed by atoms with van der Waals surface area (Å²) in [5, 5.41) is 7.70. The van der Waals surface area contributed by atoms with Gasteiger partial charge in [0.05, 0.1) is 17.4 Å². The summed E-state index contributed by atoms with van der Waals surface area (Å²) in [5.41, 5.74) is 2.25. The summed E-state index contributed by atoms with van der Waals surface area (Å²) >= 11 is 0. The lowest BCUT2D eigenvalue weighted by Gasteiger charge is -2.26. The standard InChI is InChI=1S/C16H19N5O3S/c1-25(22,23)13-9-20-16(24-13)12-8-19-15-11(4-6-18-15)14(12)21-10-3-2-5-17-7-10/h4,6,8-10,17H,2-3,5,7H2,1H3,(H2,18,19,21)/t10-/m1/s1. The molecule has 0 aliphatic carbocycles. The largest absolute Gasteiger partial charge is 0.425 e. The minimum atomic E-state index is -3.45. The molecule has 0 amide bonds. The Morgan fingerprint density at radius 3 is 2.92 bits per heavy atom. The number of nitrogens with zero attached hydrogens (tertiary/aromatic N) is 2. The molecule has 1 fully saturated rings. The topological polar surface area (TPSA) is 113 Å². The maximum Gasteiger partial charge on any atom is 0.238 e. The predicted molar refractivity (Wildman–Crippen MR) is 94.2 cm³/mol. The second-order valence-electron chi connectivity index (χ2n) is 6.23. The van der Waals surface area contributed by atoms with Crippen molar-refractivity contribution in [3.8, 4) is 11.5 Å². The number of rotatable bonds is 4. The van der Waals surface area contributed by atoms with Crippen molar-refractivity contribution < 1.29 is 12.8 Å². The highest BCUT2D eigenvalue weighted by atomic mass is 32.2. The van der Waals surface area contributed by atoms with Crippen molar-refractivity contribution in [1.29, 1.82) is 0 Å². The summed E-state index contributed by atoms with van der Waals surface area (Å²) in [6, 6.07) is 2.21. The summed E-state index contributed by atoms with van der Waals surface area (Å²) in [4.78, 5) is 11.6. The molecule has 1 aliphatic heterocycles. The molecule has 9 heteroatoms. The lowest BCUT2D eigenvalue weighted by atomic mass is 10.1. The Hall–Kier alpha value is -2.39. The van der Waals surface area contributed by atoms with Crippen LogP contribution in [0.3, 0.4) is 0 Å². The molecule has 8 nitrogen and oxygen atoms in total. The fraction of sp³-hybridized carbons (Fsp3) is 0.375. The maximum absolute atomic E-state index is 11.7. The van der Waals surface area contributed by atoms with Crippen LogP contribution in [-0.2, 0) is 9.84 Å². The Balaban J connectivity index is 1.79. The quantitative estimate of drug-likeness (QED) is 0.649. The molecule has 1 atom stereocenters. The zero-order valence-corrected chi connectivity index (χ0v) is 14.6. The highest BCUT2D eigenvalue weighted by Gasteiger charge is 2.22. The van der Waals surface area contributed by atoms with Gasteiger partial charge < -0.3 is 20.0 Å². The second-order valence-corrected chi connectivity index (χ2v) is 8.18. The molecular formula is C16H19N5O3S. The van der Waals surface area contributed by atoms with Crippen molar-refractivity contribution >= 4 is 26.6 Å². The third kappa shape index (κ3) is 3.12. The highest BCUT2D eigenvalue weighted by Crippen LogP contribution is 2.34. The number of nitrogens with one attached hydrogen (secondary N) is 3. The molecule has 3 aromatic heterocycles. The number of aromatic nitrogens is 3. The summed E-state index contributed by atoms with van der Waals surface area (Å²) in [6.07, 6.45) is 7.96. The Morgan fingerprint density at radius 2 is 2.20 bits per heavy atom. The second kappa shape index (κ2) is 6.16. The first-order valence-corrected chi connectivity index (χ1v) is 10.0. The van der Waals surface area contributed by atoms with Crippen LogP contribution >= 0.6 is 0 Å². The van der Waals surface area contributed by atoms with E-state index >= 15 is 0 Å². The van der Waals surface area contributed by atoms with Crippen molar-refractivity contribution in [1.82, 2.24) is 20.3 Å². The third-order valence-electron chi connectivity index (χ3n) is 4.31. The average Bonchev–Trinajstić information content (AvgIpc) is 3.25. The monoisotopic (exact) mass is 361 g/mol. The van der Waals surface area contributed by atoms with Gasteiger partial charge in [0.1, 0.15) is 5.65 Å². The van der Waals surface area contributed by atoms with Gasteiger partial charge in [0.25, 0.3) is 0 Å². The molecule has 0 aromatic carbocycles. The summed E-state index contributed by atoms with van der Waals surface area (Å²) in [5.74, 6) is 0.238. The number of anilines is 1. The van der Waals surface area contributed by atoms with Gasteiger partial charge in [-0.25, -0.2) is 18.4 Å². The molecule has 132 valence electrons. The van der Waals surface area contributed by atoms with Crippen LogP contribution in [0.4, 0.5) is 5.69 Å². The van der Waals surface area contributed by atoms with Crippen LogP contribution in [-0.4, -0.2) is 48.8 Å². The Morgan fingerprint density at radius 1 is 1.32 bits per heavy atom. The smallest absolute Gasteiger partial charge is 0.238 e. The minimum Gasteiger partial charge on any atom is -0.425 e. The van der Waals surface area contributed by atoms with Crippen molar-refractivity contribution in [3.63, 3.8) is 0 Å². The van der Waals surface area contributed by atoms with E-state index in [1.165, 1.54) is 6.20 Å². The molecular weight excluding hydrogens is 342 g/mol. The molecule has 1 saturated heterocycles. The Bertz CT molecular complexity index is 1000. The van der Waals surface area contributed by atoms with Crippen molar-refractivity contribution in [3.05, 3.63) is 24.7 Å². The van der Waals surface area contributed by atoms with Gasteiger partial charge in [0.15, 0.2) is 0 Å². The number of pyridine rings is 1. The zero-order chi connectivity index (χ0) is 17.4. The number of sulfone groups is 1. The van der Waals surface area contributed by atoms with Crippen molar-refractivity contribution in [2.75, 3.05) is 24.7 Å². The lowest BCUT2D eigenvalue weighted by molar-refractivity contribution is 0.460. The fourth-order valence-electron chi connectivity index (χ4n) is 3.06. The van der Waals surface area contributed by atoms with Crippen LogP contribution in [0.15, 0.2) is 34.2 Å². The summed E-state index contributed by atoms with van der Waals surface area (Å²) in [6.45, 7) is 1.90. The molecule has 3 N–H and O–H groups in total. The third-order valence-corrected chi connectivity index (χ3v) is 5.23. The van der Waals surface area contributed by atoms with Gasteiger partial charge in [-0.3, -0.25) is 0 Å². The van der Waals surface area contributed by atoms with E-state index in [1.54, 1.807) is 6.20 Å². The van der Waals surface area contributed by atoms with E-state index in [-0.39, 0.29) is 17.0 Å². The molecule has 3 aromatic rings. The highest BCUT2D eigenvalue weighted by molar-refractivity contribution is 7.90. The number of hydrogen-bond acceptors (Lipinski definition) is 7. The summed E-state index contributed by atoms with van der Waals surface area (Å²) in [7, 11) is -3.45. The maximum atomic E-state index is 11.7. The van der Waals surface area contributed by atoms with Crippen LogP contribution in [0.1, 0.15) is 12.8 Å². The van der Waals surface area contributed by atoms with Crippen molar-refractivity contribution in [2.24, 2.45) is 0 Å². The number of H-pyrrole nitrogens is 1. The van der Waals surface area contributed by atoms with Gasteiger partial charge in [0.2, 0.25) is 20.8 Å². The van der Waals surface area contributed by atoms with E-state index in [0.717, 1.165) is 48.9 Å². The molecule has 0 spiro atoms. The first kappa shape index (κ1) is 16.1. The van der Waals surface area contributed by atoms with Crippen LogP contribution in [0.5, 0.6) is 0 Å². The van der Waals surface area contributed by atoms with Gasteiger partial charge >= 0.3 is 0 Å². The molecule has 4 heterocycles. The molecule has 25 heavy (non-hydrogen) atoms. The van der Waals surface area contributed by atoms with Crippen molar-refractivity contribution in [2.45, 2.75) is 24.0 Å². The number of aromatic amines is 1. The van der Waals surface area contributed by atoms with E-state index in [2.05, 4.69) is 25.6 Å². The molecule has 4 rings (SSSR count). The molecule has 0 saturated carbocycles. The fourth-order valence-corrected chi connectivity index (χ4v) is 3.53. The van der Waals surface area contributed by atoms with E-state index in [4.69, 9.17) is 4.42 Å². The van der Waals surface area contributed by atoms with Crippen LogP contribution in [0.25, 0.3) is 22.5 Å². The van der Waals surface area contributed by atoms with Crippen LogP contribution in [0, 0.1) is 0 Å². The predicted octanol–water partition coefficient (Wildman–Crippen LogP) is 1.79. The van der Waals surface area contributed by atoms with Crippen LogP contribution < -0.4 is 10.6 Å². The minimum absolute atomic E-state index is 0.151. The SMILES string of the molecule is CS(=O)(=O)c1cnc(-c2cnc3[nH]ccc3c2N[C@@H]2CCCNC2)o1. The van der Waals surface area contributed by atoms with Gasteiger partial charge in [0, 0.05) is 36.6 Å².